The Labute approximate surface area is 99.2 Å². The standard InChI is InChI=1S/C9H10F4N4O/c10-8(11)9(12,13)3-16-7-4(14)1-2-5(17-7)6(15)18/h1-2,8H,3,14H2,(H2,15,18)(H,16,17). The molecule has 0 aliphatic heterocycles. The van der Waals surface area contributed by atoms with Gasteiger partial charge in [-0.2, -0.15) is 8.78 Å². The highest BCUT2D eigenvalue weighted by molar-refractivity contribution is 5.91. The third-order valence-electron chi connectivity index (χ3n) is 1.99. The number of nitrogens with two attached hydrogens (primary N) is 2. The van der Waals surface area contributed by atoms with Gasteiger partial charge in [-0.1, -0.05) is 0 Å². The van der Waals surface area contributed by atoms with E-state index in [-0.39, 0.29) is 17.2 Å². The minimum Gasteiger partial charge on any atom is -0.396 e. The number of hydrogen-bond donors (Lipinski definition) is 3. The van der Waals surface area contributed by atoms with E-state index in [2.05, 4.69) is 4.98 Å². The van der Waals surface area contributed by atoms with Crippen LogP contribution in [0.3, 0.4) is 0 Å². The summed E-state index contributed by atoms with van der Waals surface area (Å²) in [6.07, 6.45) is -3.81. The van der Waals surface area contributed by atoms with E-state index in [0.29, 0.717) is 0 Å². The number of alkyl halides is 4. The number of carbonyl (C=O) groups is 1. The van der Waals surface area contributed by atoms with Crippen molar-refractivity contribution in [2.45, 2.75) is 12.3 Å². The second-order valence-corrected chi connectivity index (χ2v) is 3.41. The Morgan fingerprint density at radius 1 is 1.44 bits per heavy atom. The van der Waals surface area contributed by atoms with Crippen LogP contribution in [0.25, 0.3) is 0 Å². The van der Waals surface area contributed by atoms with E-state index in [1.807, 2.05) is 5.32 Å². The van der Waals surface area contributed by atoms with Crippen molar-refractivity contribution in [2.75, 3.05) is 17.6 Å². The van der Waals surface area contributed by atoms with Crippen LogP contribution in [0.4, 0.5) is 29.1 Å². The Hall–Kier alpha value is -2.06. The van der Waals surface area contributed by atoms with Gasteiger partial charge in [-0.3, -0.25) is 4.79 Å². The molecule has 0 atom stereocenters. The fourth-order valence-electron chi connectivity index (χ4n) is 1.03. The maximum Gasteiger partial charge on any atom is 0.324 e. The molecular formula is C9H10F4N4O. The van der Waals surface area contributed by atoms with Gasteiger partial charge in [0.15, 0.2) is 0 Å². The Morgan fingerprint density at radius 3 is 2.56 bits per heavy atom. The normalized spacial score (nSPS) is 11.6. The fraction of sp³-hybridized carbons (Fsp3) is 0.333. The summed E-state index contributed by atoms with van der Waals surface area (Å²) in [5.74, 6) is -5.41. The molecule has 0 radical (unpaired) electrons. The second-order valence-electron chi connectivity index (χ2n) is 3.41. The highest BCUT2D eigenvalue weighted by Gasteiger charge is 2.40. The van der Waals surface area contributed by atoms with Gasteiger partial charge in [0.2, 0.25) is 0 Å². The predicted molar refractivity (Wildman–Crippen MR) is 56.6 cm³/mol. The van der Waals surface area contributed by atoms with Crippen LogP contribution in [0.2, 0.25) is 0 Å². The second kappa shape index (κ2) is 5.07. The molecule has 0 aliphatic rings. The zero-order valence-corrected chi connectivity index (χ0v) is 8.96. The largest absolute Gasteiger partial charge is 0.396 e. The predicted octanol–water partition coefficient (Wildman–Crippen LogP) is 1.07. The number of halogens is 4. The molecule has 0 spiro atoms. The number of nitrogens with one attached hydrogen (secondary N) is 1. The number of hydrogen-bond acceptors (Lipinski definition) is 4. The van der Waals surface area contributed by atoms with Crippen LogP contribution in [0.1, 0.15) is 10.5 Å². The van der Waals surface area contributed by atoms with E-state index in [0.717, 1.165) is 0 Å². The van der Waals surface area contributed by atoms with Gasteiger partial charge in [-0.05, 0) is 12.1 Å². The van der Waals surface area contributed by atoms with Crippen LogP contribution in [0.5, 0.6) is 0 Å². The van der Waals surface area contributed by atoms with Gasteiger partial charge in [-0.15, -0.1) is 0 Å². The molecule has 5 nitrogen and oxygen atoms in total. The Bertz CT molecular complexity index is 452. The van der Waals surface area contributed by atoms with Crippen molar-refractivity contribution in [3.8, 4) is 0 Å². The van der Waals surface area contributed by atoms with Gasteiger partial charge >= 0.3 is 12.3 Å². The van der Waals surface area contributed by atoms with E-state index >= 15 is 0 Å². The summed E-state index contributed by atoms with van der Waals surface area (Å²) in [5, 5.41) is 1.96. The van der Waals surface area contributed by atoms with Crippen LogP contribution in [0, 0.1) is 0 Å². The first-order valence-corrected chi connectivity index (χ1v) is 4.70. The van der Waals surface area contributed by atoms with Crippen molar-refractivity contribution in [1.29, 1.82) is 0 Å². The fourth-order valence-corrected chi connectivity index (χ4v) is 1.03. The van der Waals surface area contributed by atoms with Crippen molar-refractivity contribution in [3.63, 3.8) is 0 Å². The summed E-state index contributed by atoms with van der Waals surface area (Å²) in [7, 11) is 0. The number of rotatable bonds is 5. The third kappa shape index (κ3) is 3.22. The number of carbonyl (C=O) groups excluding carboxylic acids is 1. The molecule has 0 saturated heterocycles. The van der Waals surface area contributed by atoms with Crippen molar-refractivity contribution < 1.29 is 22.4 Å². The Kier molecular flexibility index (Phi) is 3.94. The van der Waals surface area contributed by atoms with Crippen molar-refractivity contribution in [2.24, 2.45) is 5.73 Å². The van der Waals surface area contributed by atoms with E-state index in [4.69, 9.17) is 11.5 Å². The molecule has 1 rings (SSSR count). The molecule has 18 heavy (non-hydrogen) atoms. The lowest BCUT2D eigenvalue weighted by molar-refractivity contribution is -0.117. The molecule has 5 N–H and O–H groups in total. The highest BCUT2D eigenvalue weighted by atomic mass is 19.3. The Balaban J connectivity index is 2.85. The maximum absolute atomic E-state index is 12.7. The molecule has 9 heteroatoms. The van der Waals surface area contributed by atoms with E-state index in [9.17, 15) is 22.4 Å². The number of primary amides is 1. The summed E-state index contributed by atoms with van der Waals surface area (Å²) < 4.78 is 49.1. The average molecular weight is 266 g/mol. The van der Waals surface area contributed by atoms with Crippen LogP contribution < -0.4 is 16.8 Å². The maximum atomic E-state index is 12.7. The monoisotopic (exact) mass is 266 g/mol. The number of pyridine rings is 1. The minimum absolute atomic E-state index is 0.0648. The molecular weight excluding hydrogens is 256 g/mol. The van der Waals surface area contributed by atoms with Gasteiger partial charge in [-0.25, -0.2) is 13.8 Å². The molecule has 100 valence electrons. The lowest BCUT2D eigenvalue weighted by Crippen LogP contribution is -2.35. The highest BCUT2D eigenvalue weighted by Crippen LogP contribution is 2.24. The summed E-state index contributed by atoms with van der Waals surface area (Å²) in [6, 6.07) is 2.39. The lowest BCUT2D eigenvalue weighted by atomic mass is 10.3. The average Bonchev–Trinajstić information content (AvgIpc) is 2.27. The van der Waals surface area contributed by atoms with E-state index in [1.54, 1.807) is 0 Å². The molecule has 1 aromatic rings. The number of anilines is 2. The number of nitrogen functional groups attached to an aromatic ring is 1. The van der Waals surface area contributed by atoms with E-state index < -0.39 is 24.8 Å². The van der Waals surface area contributed by atoms with Crippen molar-refractivity contribution >= 4 is 17.4 Å². The van der Waals surface area contributed by atoms with Gasteiger partial charge in [0, 0.05) is 0 Å². The molecule has 0 aliphatic carbocycles. The SMILES string of the molecule is NC(=O)c1ccc(N)c(NCC(F)(F)C(F)F)n1. The first kappa shape index (κ1) is 14.0. The summed E-state index contributed by atoms with van der Waals surface area (Å²) in [5.41, 5.74) is 10.0. The molecule has 0 saturated carbocycles. The summed E-state index contributed by atoms with van der Waals surface area (Å²) >= 11 is 0. The smallest absolute Gasteiger partial charge is 0.324 e. The molecule has 0 bridgehead atoms. The van der Waals surface area contributed by atoms with Gasteiger partial charge in [0.25, 0.3) is 5.91 Å². The number of amides is 1. The zero-order valence-electron chi connectivity index (χ0n) is 8.96. The molecule has 1 amide bonds. The van der Waals surface area contributed by atoms with Crippen LogP contribution >= 0.6 is 0 Å². The quantitative estimate of drug-likeness (QED) is 0.695. The molecule has 0 fully saturated rings. The van der Waals surface area contributed by atoms with Gasteiger partial charge in [0.05, 0.1) is 12.2 Å². The van der Waals surface area contributed by atoms with Crippen LogP contribution in [-0.4, -0.2) is 29.8 Å². The van der Waals surface area contributed by atoms with Gasteiger partial charge < -0.3 is 16.8 Å². The topological polar surface area (TPSA) is 94.0 Å². The zero-order chi connectivity index (χ0) is 13.9. The first-order chi connectivity index (χ1) is 8.24. The summed E-state index contributed by atoms with van der Waals surface area (Å²) in [4.78, 5) is 14.3. The first-order valence-electron chi connectivity index (χ1n) is 4.70. The minimum atomic E-state index is -4.23. The van der Waals surface area contributed by atoms with Crippen LogP contribution in [0.15, 0.2) is 12.1 Å². The number of nitrogens with zero attached hydrogens (tertiary/aromatic N) is 1. The van der Waals surface area contributed by atoms with Gasteiger partial charge in [0.1, 0.15) is 11.5 Å². The molecule has 0 aromatic carbocycles. The number of aromatic nitrogens is 1. The lowest BCUT2D eigenvalue weighted by Gasteiger charge is -2.17. The third-order valence-corrected chi connectivity index (χ3v) is 1.99. The summed E-state index contributed by atoms with van der Waals surface area (Å²) in [6.45, 7) is -1.36. The van der Waals surface area contributed by atoms with Crippen molar-refractivity contribution in [1.82, 2.24) is 4.98 Å². The Morgan fingerprint density at radius 2 is 2.06 bits per heavy atom. The van der Waals surface area contributed by atoms with Crippen LogP contribution in [-0.2, 0) is 0 Å². The molecule has 1 aromatic heterocycles. The van der Waals surface area contributed by atoms with Crippen molar-refractivity contribution in [3.05, 3.63) is 17.8 Å². The molecule has 1 heterocycles. The van der Waals surface area contributed by atoms with E-state index in [1.165, 1.54) is 12.1 Å². The molecule has 0 unspecified atom stereocenters.